The molecule has 210 valence electrons. The van der Waals surface area contributed by atoms with Crippen LogP contribution in [-0.2, 0) is 6.61 Å². The lowest BCUT2D eigenvalue weighted by atomic mass is 10.1. The van der Waals surface area contributed by atoms with Gasteiger partial charge in [0.05, 0.1) is 24.2 Å². The van der Waals surface area contributed by atoms with Crippen molar-refractivity contribution in [3.8, 4) is 23.1 Å². The standard InChI is InChI=1S/C35H24ClN3O4/c1-41-32-17-22(13-15-31(32)42-21-24-9-6-8-23-7-2-3-10-27(23)24)20-37-39-34(38-29-12-5-4-11-28(29)35(39)40)33-19-25-18-26(36)14-16-30(25)43-33/h2-20H,21H2,1H3. The Morgan fingerprint density at radius 3 is 2.56 bits per heavy atom. The molecular formula is C35H24ClN3O4. The predicted octanol–water partition coefficient (Wildman–Crippen LogP) is 8.09. The van der Waals surface area contributed by atoms with Crippen LogP contribution in [0.25, 0.3) is 44.2 Å². The number of ether oxygens (including phenoxy) is 2. The second kappa shape index (κ2) is 11.1. The van der Waals surface area contributed by atoms with Crippen LogP contribution in [0.15, 0.2) is 124 Å². The minimum absolute atomic E-state index is 0.272. The molecule has 0 radical (unpaired) electrons. The van der Waals surface area contributed by atoms with Crippen molar-refractivity contribution in [2.45, 2.75) is 6.61 Å². The van der Waals surface area contributed by atoms with Crippen molar-refractivity contribution < 1.29 is 13.9 Å². The van der Waals surface area contributed by atoms with Crippen LogP contribution >= 0.6 is 11.6 Å². The second-order valence-electron chi connectivity index (χ2n) is 9.94. The van der Waals surface area contributed by atoms with E-state index in [2.05, 4.69) is 29.4 Å². The monoisotopic (exact) mass is 585 g/mol. The van der Waals surface area contributed by atoms with E-state index in [9.17, 15) is 4.79 Å². The molecule has 0 aliphatic carbocycles. The maximum Gasteiger partial charge on any atom is 0.282 e. The number of hydrogen-bond acceptors (Lipinski definition) is 6. The molecule has 0 N–H and O–H groups in total. The minimum atomic E-state index is -0.322. The Morgan fingerprint density at radius 2 is 1.67 bits per heavy atom. The number of furan rings is 1. The van der Waals surface area contributed by atoms with Gasteiger partial charge in [-0.1, -0.05) is 66.2 Å². The molecule has 0 bridgehead atoms. The quantitative estimate of drug-likeness (QED) is 0.177. The molecule has 0 aliphatic heterocycles. The molecule has 0 saturated heterocycles. The van der Waals surface area contributed by atoms with Crippen molar-refractivity contribution in [3.63, 3.8) is 0 Å². The summed E-state index contributed by atoms with van der Waals surface area (Å²) < 4.78 is 19.1. The SMILES string of the molecule is COc1cc(C=Nn2c(-c3cc4cc(Cl)ccc4o3)nc3ccccc3c2=O)ccc1OCc1cccc2ccccc12. The van der Waals surface area contributed by atoms with Crippen LogP contribution in [0.4, 0.5) is 0 Å². The van der Waals surface area contributed by atoms with E-state index in [0.29, 0.717) is 50.9 Å². The molecule has 0 saturated carbocycles. The van der Waals surface area contributed by atoms with Gasteiger partial charge in [0.1, 0.15) is 12.2 Å². The third-order valence-corrected chi connectivity index (χ3v) is 7.46. The number of aromatic nitrogens is 2. The van der Waals surface area contributed by atoms with Crippen LogP contribution < -0.4 is 15.0 Å². The first-order valence-electron chi connectivity index (χ1n) is 13.6. The zero-order valence-corrected chi connectivity index (χ0v) is 23.8. The Balaban J connectivity index is 1.23. The number of halogens is 1. The first-order valence-corrected chi connectivity index (χ1v) is 14.0. The van der Waals surface area contributed by atoms with Crippen LogP contribution in [0.1, 0.15) is 11.1 Å². The average molecular weight is 586 g/mol. The van der Waals surface area contributed by atoms with Crippen molar-refractivity contribution in [2.24, 2.45) is 5.10 Å². The van der Waals surface area contributed by atoms with Gasteiger partial charge < -0.3 is 13.9 Å². The number of rotatable bonds is 7. The first-order chi connectivity index (χ1) is 21.1. The maximum atomic E-state index is 13.6. The summed E-state index contributed by atoms with van der Waals surface area (Å²) in [6.07, 6.45) is 1.58. The van der Waals surface area contributed by atoms with E-state index in [4.69, 9.17) is 30.5 Å². The molecule has 0 atom stereocenters. The van der Waals surface area contributed by atoms with Crippen LogP contribution in [-0.4, -0.2) is 23.0 Å². The van der Waals surface area contributed by atoms with Gasteiger partial charge >= 0.3 is 0 Å². The number of nitrogens with zero attached hydrogens (tertiary/aromatic N) is 3. The summed E-state index contributed by atoms with van der Waals surface area (Å²) in [5.41, 5.74) is 2.63. The molecule has 0 unspecified atom stereocenters. The van der Waals surface area contributed by atoms with Gasteiger partial charge in [-0.2, -0.15) is 9.78 Å². The molecule has 0 spiro atoms. The van der Waals surface area contributed by atoms with E-state index in [1.807, 2.05) is 42.5 Å². The molecule has 7 nitrogen and oxygen atoms in total. The number of hydrogen-bond donors (Lipinski definition) is 0. The third-order valence-electron chi connectivity index (χ3n) is 7.23. The van der Waals surface area contributed by atoms with E-state index < -0.39 is 0 Å². The zero-order chi connectivity index (χ0) is 29.3. The predicted molar refractivity (Wildman–Crippen MR) is 170 cm³/mol. The van der Waals surface area contributed by atoms with Gasteiger partial charge in [0, 0.05) is 10.4 Å². The van der Waals surface area contributed by atoms with Gasteiger partial charge in [-0.15, -0.1) is 0 Å². The fourth-order valence-corrected chi connectivity index (χ4v) is 5.28. The summed E-state index contributed by atoms with van der Waals surface area (Å²) in [5.74, 6) is 1.81. The highest BCUT2D eigenvalue weighted by molar-refractivity contribution is 6.31. The van der Waals surface area contributed by atoms with Gasteiger partial charge in [-0.05, 0) is 76.5 Å². The van der Waals surface area contributed by atoms with E-state index >= 15 is 0 Å². The Morgan fingerprint density at radius 1 is 0.860 bits per heavy atom. The van der Waals surface area contributed by atoms with Crippen LogP contribution in [0.3, 0.4) is 0 Å². The molecule has 2 heterocycles. The highest BCUT2D eigenvalue weighted by Crippen LogP contribution is 2.31. The minimum Gasteiger partial charge on any atom is -0.493 e. The lowest BCUT2D eigenvalue weighted by Gasteiger charge is -2.13. The molecule has 0 fully saturated rings. The summed E-state index contributed by atoms with van der Waals surface area (Å²) in [5, 5.41) is 8.68. The smallest absolute Gasteiger partial charge is 0.282 e. The molecule has 43 heavy (non-hydrogen) atoms. The van der Waals surface area contributed by atoms with E-state index in [-0.39, 0.29) is 11.4 Å². The highest BCUT2D eigenvalue weighted by atomic mass is 35.5. The molecule has 7 aromatic rings. The maximum absolute atomic E-state index is 13.6. The topological polar surface area (TPSA) is 78.9 Å². The Kier molecular flexibility index (Phi) is 6.85. The Hall–Kier alpha value is -5.40. The molecule has 7 rings (SSSR count). The Bertz CT molecular complexity index is 2230. The van der Waals surface area contributed by atoms with Crippen molar-refractivity contribution >= 4 is 50.5 Å². The normalized spacial score (nSPS) is 11.6. The van der Waals surface area contributed by atoms with Gasteiger partial charge in [-0.3, -0.25) is 4.79 Å². The summed E-state index contributed by atoms with van der Waals surface area (Å²) in [7, 11) is 1.59. The van der Waals surface area contributed by atoms with E-state index in [1.165, 1.54) is 4.68 Å². The summed E-state index contributed by atoms with van der Waals surface area (Å²) in [6, 6.07) is 34.1. The zero-order valence-electron chi connectivity index (χ0n) is 23.0. The largest absolute Gasteiger partial charge is 0.493 e. The van der Waals surface area contributed by atoms with Gasteiger partial charge in [-0.25, -0.2) is 4.98 Å². The lowest BCUT2D eigenvalue weighted by Crippen LogP contribution is -2.20. The Labute approximate surface area is 251 Å². The third kappa shape index (κ3) is 5.11. The average Bonchev–Trinajstić information content (AvgIpc) is 3.46. The molecule has 5 aromatic carbocycles. The summed E-state index contributed by atoms with van der Waals surface area (Å²) in [4.78, 5) is 18.3. The lowest BCUT2D eigenvalue weighted by molar-refractivity contribution is 0.285. The number of benzene rings is 5. The van der Waals surface area contributed by atoms with Crippen LogP contribution in [0, 0.1) is 0 Å². The van der Waals surface area contributed by atoms with Gasteiger partial charge in [0.15, 0.2) is 17.3 Å². The first kappa shape index (κ1) is 26.5. The van der Waals surface area contributed by atoms with E-state index in [0.717, 1.165) is 21.7 Å². The van der Waals surface area contributed by atoms with Gasteiger partial charge in [0.2, 0.25) is 5.82 Å². The molecule has 0 aliphatic rings. The fraction of sp³-hybridized carbons (Fsp3) is 0.0571. The highest BCUT2D eigenvalue weighted by Gasteiger charge is 2.17. The molecule has 0 amide bonds. The van der Waals surface area contributed by atoms with Crippen molar-refractivity contribution in [2.75, 3.05) is 7.11 Å². The number of para-hydroxylation sites is 1. The number of fused-ring (bicyclic) bond motifs is 3. The number of methoxy groups -OCH3 is 1. The van der Waals surface area contributed by atoms with Crippen LogP contribution in [0.5, 0.6) is 11.5 Å². The van der Waals surface area contributed by atoms with Crippen molar-refractivity contribution in [3.05, 3.63) is 136 Å². The molecule has 2 aromatic heterocycles. The van der Waals surface area contributed by atoms with Gasteiger partial charge in [0.25, 0.3) is 5.56 Å². The van der Waals surface area contributed by atoms with Crippen molar-refractivity contribution in [1.29, 1.82) is 0 Å². The molecule has 8 heteroatoms. The summed E-state index contributed by atoms with van der Waals surface area (Å²) in [6.45, 7) is 0.384. The van der Waals surface area contributed by atoms with E-state index in [1.54, 1.807) is 55.8 Å². The summed E-state index contributed by atoms with van der Waals surface area (Å²) >= 11 is 6.18. The fourth-order valence-electron chi connectivity index (χ4n) is 5.10. The molecular weight excluding hydrogens is 562 g/mol. The van der Waals surface area contributed by atoms with Crippen molar-refractivity contribution in [1.82, 2.24) is 9.66 Å². The van der Waals surface area contributed by atoms with Crippen LogP contribution in [0.2, 0.25) is 5.02 Å². The second-order valence-corrected chi connectivity index (χ2v) is 10.4.